The molecule has 2 fully saturated rings. The highest BCUT2D eigenvalue weighted by Gasteiger charge is 2.26. The molecule has 1 aromatic rings. The van der Waals surface area contributed by atoms with E-state index in [-0.39, 0.29) is 6.10 Å². The molecular weight excluding hydrogens is 220 g/mol. The summed E-state index contributed by atoms with van der Waals surface area (Å²) in [6, 6.07) is 9.01. The Labute approximate surface area is 110 Å². The molecule has 0 saturated heterocycles. The van der Waals surface area contributed by atoms with Crippen molar-refractivity contribution in [3.05, 3.63) is 35.4 Å². The van der Waals surface area contributed by atoms with Crippen molar-refractivity contribution in [1.82, 2.24) is 0 Å². The Morgan fingerprint density at radius 1 is 0.778 bits per heavy atom. The van der Waals surface area contributed by atoms with E-state index < -0.39 is 0 Å². The van der Waals surface area contributed by atoms with Gasteiger partial charge in [-0.05, 0) is 55.1 Å². The molecule has 0 heterocycles. The first kappa shape index (κ1) is 12.2. The fraction of sp³-hybridized carbons (Fsp3) is 0.647. The van der Waals surface area contributed by atoms with Gasteiger partial charge in [-0.25, -0.2) is 0 Å². The van der Waals surface area contributed by atoms with Gasteiger partial charge in [0.2, 0.25) is 0 Å². The minimum absolute atomic E-state index is 0.0769. The summed E-state index contributed by atoms with van der Waals surface area (Å²) >= 11 is 0. The lowest BCUT2D eigenvalue weighted by Crippen LogP contribution is -2.15. The van der Waals surface area contributed by atoms with Crippen LogP contribution in [0.15, 0.2) is 24.3 Å². The standard InChI is InChI=1S/C17H24O/c18-15-9-2-1-6-14(12-15)17-11-4-3-10-16(17)13-7-5-8-13/h3-4,10-11,13-15,18H,1-2,5-9,12H2. The molecule has 2 saturated carbocycles. The van der Waals surface area contributed by atoms with E-state index >= 15 is 0 Å². The third-order valence-corrected chi connectivity index (χ3v) is 4.88. The smallest absolute Gasteiger partial charge is 0.0546 e. The normalized spacial score (nSPS) is 29.6. The Kier molecular flexibility index (Phi) is 3.69. The zero-order valence-corrected chi connectivity index (χ0v) is 11.1. The second-order valence-electron chi connectivity index (χ2n) is 6.13. The predicted molar refractivity (Wildman–Crippen MR) is 74.9 cm³/mol. The van der Waals surface area contributed by atoms with Crippen LogP contribution in [0.4, 0.5) is 0 Å². The van der Waals surface area contributed by atoms with Gasteiger partial charge in [-0.2, -0.15) is 0 Å². The molecule has 18 heavy (non-hydrogen) atoms. The first-order valence-electron chi connectivity index (χ1n) is 7.61. The van der Waals surface area contributed by atoms with Crippen LogP contribution in [0.5, 0.6) is 0 Å². The molecule has 3 rings (SSSR count). The van der Waals surface area contributed by atoms with E-state index in [2.05, 4.69) is 24.3 Å². The zero-order chi connectivity index (χ0) is 12.4. The van der Waals surface area contributed by atoms with E-state index in [1.54, 1.807) is 11.1 Å². The molecule has 2 atom stereocenters. The maximum Gasteiger partial charge on any atom is 0.0546 e. The topological polar surface area (TPSA) is 20.2 Å². The molecule has 1 N–H and O–H groups in total. The lowest BCUT2D eigenvalue weighted by molar-refractivity contribution is 0.151. The van der Waals surface area contributed by atoms with Crippen molar-refractivity contribution in [3.63, 3.8) is 0 Å². The molecule has 0 aromatic heterocycles. The number of aliphatic hydroxyl groups is 1. The SMILES string of the molecule is OC1CCCCC(c2ccccc2C2CCC2)C1. The first-order valence-corrected chi connectivity index (χ1v) is 7.61. The first-order chi connectivity index (χ1) is 8.84. The number of hydrogen-bond donors (Lipinski definition) is 1. The van der Waals surface area contributed by atoms with Crippen molar-refractivity contribution in [3.8, 4) is 0 Å². The molecule has 0 aliphatic heterocycles. The van der Waals surface area contributed by atoms with Gasteiger partial charge in [0.1, 0.15) is 0 Å². The van der Waals surface area contributed by atoms with Gasteiger partial charge >= 0.3 is 0 Å². The quantitative estimate of drug-likeness (QED) is 0.766. The van der Waals surface area contributed by atoms with E-state index in [1.807, 2.05) is 0 Å². The Morgan fingerprint density at radius 2 is 1.39 bits per heavy atom. The average molecular weight is 244 g/mol. The van der Waals surface area contributed by atoms with Gasteiger partial charge in [0.25, 0.3) is 0 Å². The van der Waals surface area contributed by atoms with Crippen molar-refractivity contribution in [2.45, 2.75) is 69.3 Å². The molecule has 0 radical (unpaired) electrons. The van der Waals surface area contributed by atoms with Crippen molar-refractivity contribution < 1.29 is 5.11 Å². The van der Waals surface area contributed by atoms with Crippen LogP contribution in [0.3, 0.4) is 0 Å². The zero-order valence-electron chi connectivity index (χ0n) is 11.1. The van der Waals surface area contributed by atoms with E-state index in [4.69, 9.17) is 0 Å². The van der Waals surface area contributed by atoms with Gasteiger partial charge in [0.15, 0.2) is 0 Å². The summed E-state index contributed by atoms with van der Waals surface area (Å²) < 4.78 is 0. The monoisotopic (exact) mass is 244 g/mol. The van der Waals surface area contributed by atoms with Crippen LogP contribution in [0.25, 0.3) is 0 Å². The maximum absolute atomic E-state index is 10.0. The summed E-state index contributed by atoms with van der Waals surface area (Å²) in [6.07, 6.45) is 9.77. The molecule has 2 aliphatic rings. The molecule has 1 aromatic carbocycles. The number of rotatable bonds is 2. The van der Waals surface area contributed by atoms with Crippen LogP contribution in [0.1, 0.15) is 74.3 Å². The summed E-state index contributed by atoms with van der Waals surface area (Å²) in [5, 5.41) is 10.0. The molecule has 2 aliphatic carbocycles. The van der Waals surface area contributed by atoms with Crippen molar-refractivity contribution in [2.24, 2.45) is 0 Å². The van der Waals surface area contributed by atoms with E-state index in [0.29, 0.717) is 5.92 Å². The van der Waals surface area contributed by atoms with Gasteiger partial charge in [-0.15, -0.1) is 0 Å². The molecule has 98 valence electrons. The highest BCUT2D eigenvalue weighted by Crippen LogP contribution is 2.42. The number of benzene rings is 1. The maximum atomic E-state index is 10.0. The van der Waals surface area contributed by atoms with E-state index in [9.17, 15) is 5.11 Å². The number of aliphatic hydroxyl groups excluding tert-OH is 1. The second kappa shape index (κ2) is 5.44. The molecule has 1 nitrogen and oxygen atoms in total. The summed E-state index contributed by atoms with van der Waals surface area (Å²) in [5.74, 6) is 1.40. The highest BCUT2D eigenvalue weighted by molar-refractivity contribution is 5.34. The van der Waals surface area contributed by atoms with E-state index in [1.165, 1.54) is 38.5 Å². The lowest BCUT2D eigenvalue weighted by atomic mass is 9.75. The molecule has 1 heteroatoms. The highest BCUT2D eigenvalue weighted by atomic mass is 16.3. The van der Waals surface area contributed by atoms with Gasteiger partial charge in [-0.1, -0.05) is 43.5 Å². The van der Waals surface area contributed by atoms with Crippen LogP contribution >= 0.6 is 0 Å². The van der Waals surface area contributed by atoms with Gasteiger partial charge in [0, 0.05) is 0 Å². The Morgan fingerprint density at radius 3 is 2.06 bits per heavy atom. The lowest BCUT2D eigenvalue weighted by Gasteiger charge is -2.30. The molecule has 2 unspecified atom stereocenters. The summed E-state index contributed by atoms with van der Waals surface area (Å²) in [4.78, 5) is 0. The fourth-order valence-corrected chi connectivity index (χ4v) is 3.59. The predicted octanol–water partition coefficient (Wildman–Crippen LogP) is 4.36. The fourth-order valence-electron chi connectivity index (χ4n) is 3.59. The third-order valence-electron chi connectivity index (χ3n) is 4.88. The minimum atomic E-state index is -0.0769. The van der Waals surface area contributed by atoms with Gasteiger partial charge < -0.3 is 5.11 Å². The van der Waals surface area contributed by atoms with E-state index in [0.717, 1.165) is 18.8 Å². The van der Waals surface area contributed by atoms with Crippen LogP contribution in [0, 0.1) is 0 Å². The number of hydrogen-bond acceptors (Lipinski definition) is 1. The molecule has 0 spiro atoms. The Hall–Kier alpha value is -0.820. The van der Waals surface area contributed by atoms with Crippen molar-refractivity contribution in [1.29, 1.82) is 0 Å². The van der Waals surface area contributed by atoms with Gasteiger partial charge in [0.05, 0.1) is 6.10 Å². The van der Waals surface area contributed by atoms with Crippen LogP contribution in [0.2, 0.25) is 0 Å². The van der Waals surface area contributed by atoms with Crippen molar-refractivity contribution >= 4 is 0 Å². The third kappa shape index (κ3) is 2.47. The Bertz CT molecular complexity index is 394. The van der Waals surface area contributed by atoms with Crippen LogP contribution in [-0.2, 0) is 0 Å². The second-order valence-corrected chi connectivity index (χ2v) is 6.13. The summed E-state index contributed by atoms with van der Waals surface area (Å²) in [7, 11) is 0. The van der Waals surface area contributed by atoms with Gasteiger partial charge in [-0.3, -0.25) is 0 Å². The summed E-state index contributed by atoms with van der Waals surface area (Å²) in [5.41, 5.74) is 3.13. The molecular formula is C17H24O. The molecule has 0 bridgehead atoms. The van der Waals surface area contributed by atoms with Crippen molar-refractivity contribution in [2.75, 3.05) is 0 Å². The average Bonchev–Trinajstić information content (AvgIpc) is 2.52. The van der Waals surface area contributed by atoms with Crippen LogP contribution in [-0.4, -0.2) is 11.2 Å². The van der Waals surface area contributed by atoms with Crippen LogP contribution < -0.4 is 0 Å². The minimum Gasteiger partial charge on any atom is -0.393 e. The Balaban J connectivity index is 1.85. The molecule has 0 amide bonds. The largest absolute Gasteiger partial charge is 0.393 e. The summed E-state index contributed by atoms with van der Waals surface area (Å²) in [6.45, 7) is 0.